The third kappa shape index (κ3) is 3.91. The van der Waals surface area contributed by atoms with E-state index in [0.29, 0.717) is 5.82 Å². The quantitative estimate of drug-likeness (QED) is 0.330. The summed E-state index contributed by atoms with van der Waals surface area (Å²) in [5.74, 6) is 0.627. The van der Waals surface area contributed by atoms with Crippen LogP contribution in [0, 0.1) is 9.49 Å². The number of imidazole rings is 1. The third-order valence-electron chi connectivity index (χ3n) is 6.94. The summed E-state index contributed by atoms with van der Waals surface area (Å²) in [5.41, 5.74) is 2.81. The van der Waals surface area contributed by atoms with Crippen LogP contribution in [0.4, 0.5) is 4.79 Å². The Morgan fingerprint density at radius 2 is 1.81 bits per heavy atom. The molecule has 32 heavy (non-hydrogen) atoms. The van der Waals surface area contributed by atoms with Crippen LogP contribution < -0.4 is 5.32 Å². The topological polar surface area (TPSA) is 78.1 Å². The number of aromatic nitrogens is 2. The fourth-order valence-electron chi connectivity index (χ4n) is 5.23. The molecule has 0 spiro atoms. The average Bonchev–Trinajstić information content (AvgIpc) is 3.36. The van der Waals surface area contributed by atoms with Gasteiger partial charge in [-0.15, -0.1) is 0 Å². The van der Waals surface area contributed by atoms with Crippen LogP contribution >= 0.6 is 22.6 Å². The maximum atomic E-state index is 13.6. The van der Waals surface area contributed by atoms with Gasteiger partial charge < -0.3 is 10.3 Å². The van der Waals surface area contributed by atoms with E-state index in [0.717, 1.165) is 45.9 Å². The first kappa shape index (κ1) is 21.4. The zero-order valence-corrected chi connectivity index (χ0v) is 20.2. The minimum absolute atomic E-state index is 0.115. The summed E-state index contributed by atoms with van der Waals surface area (Å²) in [7, 11) is 0. The fraction of sp³-hybridized carbons (Fsp3) is 0.400. The summed E-state index contributed by atoms with van der Waals surface area (Å²) < 4.78 is 1.10. The number of H-pyrrole nitrogens is 1. The van der Waals surface area contributed by atoms with Crippen LogP contribution in [0.5, 0.6) is 0 Å². The van der Waals surface area contributed by atoms with Gasteiger partial charge in [0.25, 0.3) is 5.91 Å². The van der Waals surface area contributed by atoms with E-state index < -0.39 is 12.1 Å². The Balaban J connectivity index is 1.56. The number of urea groups is 1. The Morgan fingerprint density at radius 1 is 1.06 bits per heavy atom. The summed E-state index contributed by atoms with van der Waals surface area (Å²) >= 11 is 2.27. The Hall–Kier alpha value is -2.42. The first-order valence-electron chi connectivity index (χ1n) is 11.4. The summed E-state index contributed by atoms with van der Waals surface area (Å²) in [6.07, 6.45) is 5.44. The minimum atomic E-state index is -0.511. The van der Waals surface area contributed by atoms with Gasteiger partial charge in [-0.05, 0) is 65.1 Å². The smallest absolute Gasteiger partial charge is 0.325 e. The molecule has 1 aromatic heterocycles. The number of carbonyl (C=O) groups is 2. The van der Waals surface area contributed by atoms with Crippen molar-refractivity contribution in [3.05, 3.63) is 63.5 Å². The maximum absolute atomic E-state index is 13.6. The molecule has 3 aromatic rings. The minimum Gasteiger partial charge on any atom is -0.340 e. The van der Waals surface area contributed by atoms with Gasteiger partial charge in [0.2, 0.25) is 0 Å². The van der Waals surface area contributed by atoms with Gasteiger partial charge in [0.05, 0.1) is 11.0 Å². The summed E-state index contributed by atoms with van der Waals surface area (Å²) in [4.78, 5) is 36.5. The van der Waals surface area contributed by atoms with Crippen LogP contribution in [0.3, 0.4) is 0 Å². The molecule has 3 amide bonds. The van der Waals surface area contributed by atoms with Gasteiger partial charge in [0, 0.05) is 9.49 Å². The molecular formula is C25H27IN4O2. The summed E-state index contributed by atoms with van der Waals surface area (Å²) in [6.45, 7) is 2.06. The Bertz CT molecular complexity index is 1140. The lowest BCUT2D eigenvalue weighted by atomic mass is 9.83. The van der Waals surface area contributed by atoms with E-state index in [-0.39, 0.29) is 23.8 Å². The first-order valence-corrected chi connectivity index (χ1v) is 12.4. The van der Waals surface area contributed by atoms with Crippen LogP contribution in [0.25, 0.3) is 11.0 Å². The van der Waals surface area contributed by atoms with Crippen LogP contribution in [-0.2, 0) is 4.79 Å². The standard InChI is InChI=1S/C25H27IN4O2/c1-15(16-8-4-2-5-9-16)22(23-27-19-13-12-18(26)14-20(19)28-23)30-24(31)21(29-25(30)32)17-10-6-3-7-11-17/h2,4-5,8-9,12-15,17,21-22H,3,6-7,10-11H2,1H3,(H,27,28)(H,29,32)/t15-,21-,22+/m1/s1. The molecule has 0 bridgehead atoms. The van der Waals surface area contributed by atoms with E-state index in [1.165, 1.54) is 11.3 Å². The zero-order valence-electron chi connectivity index (χ0n) is 18.1. The van der Waals surface area contributed by atoms with Crippen molar-refractivity contribution in [1.29, 1.82) is 0 Å². The predicted octanol–water partition coefficient (Wildman–Crippen LogP) is 5.51. The van der Waals surface area contributed by atoms with E-state index in [1.54, 1.807) is 0 Å². The molecule has 0 unspecified atom stereocenters. The van der Waals surface area contributed by atoms with Crippen molar-refractivity contribution in [1.82, 2.24) is 20.2 Å². The van der Waals surface area contributed by atoms with Crippen molar-refractivity contribution in [2.24, 2.45) is 5.92 Å². The highest BCUT2D eigenvalue weighted by Crippen LogP contribution is 2.39. The van der Waals surface area contributed by atoms with E-state index in [9.17, 15) is 9.59 Å². The number of fused-ring (bicyclic) bond motifs is 1. The molecule has 2 aliphatic rings. The molecule has 2 aromatic carbocycles. The normalized spacial score (nSPS) is 21.7. The number of nitrogens with zero attached hydrogens (tertiary/aromatic N) is 2. The monoisotopic (exact) mass is 542 g/mol. The number of hydrogen-bond donors (Lipinski definition) is 2. The molecule has 1 aliphatic carbocycles. The number of hydrogen-bond acceptors (Lipinski definition) is 3. The Kier molecular flexibility index (Phi) is 5.92. The molecule has 1 saturated heterocycles. The number of nitrogens with one attached hydrogen (secondary N) is 2. The van der Waals surface area contributed by atoms with Gasteiger partial charge >= 0.3 is 6.03 Å². The highest BCUT2D eigenvalue weighted by molar-refractivity contribution is 14.1. The van der Waals surface area contributed by atoms with Crippen LogP contribution in [0.2, 0.25) is 0 Å². The SMILES string of the molecule is C[C@H](c1ccccc1)[C@@H](c1nc2ccc(I)cc2[nH]1)N1C(=O)N[C@H](C2CCCCC2)C1=O. The van der Waals surface area contributed by atoms with Gasteiger partial charge in [0.15, 0.2) is 0 Å². The van der Waals surface area contributed by atoms with Gasteiger partial charge in [0.1, 0.15) is 17.9 Å². The van der Waals surface area contributed by atoms with Gasteiger partial charge in [-0.1, -0.05) is 56.5 Å². The van der Waals surface area contributed by atoms with E-state index in [2.05, 4.69) is 39.8 Å². The molecule has 1 aliphatic heterocycles. The van der Waals surface area contributed by atoms with Crippen molar-refractivity contribution in [2.75, 3.05) is 0 Å². The number of imide groups is 1. The molecule has 2 heterocycles. The first-order chi connectivity index (χ1) is 15.5. The summed E-state index contributed by atoms with van der Waals surface area (Å²) in [5, 5.41) is 3.02. The number of carbonyl (C=O) groups excluding carboxylic acids is 2. The third-order valence-corrected chi connectivity index (χ3v) is 7.61. The van der Waals surface area contributed by atoms with Crippen molar-refractivity contribution in [3.63, 3.8) is 0 Å². The lowest BCUT2D eigenvalue weighted by Gasteiger charge is -2.30. The van der Waals surface area contributed by atoms with Gasteiger partial charge in [-0.25, -0.2) is 9.78 Å². The van der Waals surface area contributed by atoms with Crippen molar-refractivity contribution >= 4 is 45.6 Å². The molecule has 166 valence electrons. The second kappa shape index (κ2) is 8.84. The number of aromatic amines is 1. The molecule has 7 heteroatoms. The molecule has 3 atom stereocenters. The molecule has 0 radical (unpaired) electrons. The van der Waals surface area contributed by atoms with Crippen LogP contribution in [0.15, 0.2) is 48.5 Å². The van der Waals surface area contributed by atoms with Crippen molar-refractivity contribution in [3.8, 4) is 0 Å². The average molecular weight is 542 g/mol. The highest BCUT2D eigenvalue weighted by atomic mass is 127. The van der Waals surface area contributed by atoms with E-state index >= 15 is 0 Å². The fourth-order valence-corrected chi connectivity index (χ4v) is 5.72. The van der Waals surface area contributed by atoms with E-state index in [4.69, 9.17) is 4.98 Å². The number of amides is 3. The van der Waals surface area contributed by atoms with Crippen LogP contribution in [0.1, 0.15) is 62.4 Å². The van der Waals surface area contributed by atoms with Crippen molar-refractivity contribution in [2.45, 2.75) is 57.0 Å². The van der Waals surface area contributed by atoms with Crippen LogP contribution in [-0.4, -0.2) is 32.8 Å². The van der Waals surface area contributed by atoms with Crippen molar-refractivity contribution < 1.29 is 9.59 Å². The molecule has 2 fully saturated rings. The molecule has 1 saturated carbocycles. The highest BCUT2D eigenvalue weighted by Gasteiger charge is 2.48. The number of benzene rings is 2. The molecule has 2 N–H and O–H groups in total. The molecule has 6 nitrogen and oxygen atoms in total. The van der Waals surface area contributed by atoms with E-state index in [1.807, 2.05) is 48.5 Å². The molecule has 5 rings (SSSR count). The maximum Gasteiger partial charge on any atom is 0.325 e. The second-order valence-electron chi connectivity index (χ2n) is 8.96. The second-order valence-corrected chi connectivity index (χ2v) is 10.2. The predicted molar refractivity (Wildman–Crippen MR) is 132 cm³/mol. The largest absolute Gasteiger partial charge is 0.340 e. The van der Waals surface area contributed by atoms with Gasteiger partial charge in [-0.2, -0.15) is 0 Å². The zero-order chi connectivity index (χ0) is 22.2. The lowest BCUT2D eigenvalue weighted by Crippen LogP contribution is -2.40. The molecular weight excluding hydrogens is 515 g/mol. The Morgan fingerprint density at radius 3 is 2.56 bits per heavy atom. The lowest BCUT2D eigenvalue weighted by molar-refractivity contribution is -0.131. The Labute approximate surface area is 201 Å². The number of halogens is 1. The number of rotatable bonds is 5. The van der Waals surface area contributed by atoms with Gasteiger partial charge in [-0.3, -0.25) is 9.69 Å². The summed E-state index contributed by atoms with van der Waals surface area (Å²) in [6, 6.07) is 14.8.